The standard InChI is InChI=1S/C21H19N5O4/c22-19(27)15-6-2-4-8-17(15)29-12-18-25-21(30-26-18)20(28)23-10-9-13-11-24-16-7-3-1-5-14(13)16/h1-8,11,24H,9-10,12H2,(H2,22,27)(H,23,28). The molecule has 9 heteroatoms. The summed E-state index contributed by atoms with van der Waals surface area (Å²) in [6, 6.07) is 14.5. The van der Waals surface area contributed by atoms with Crippen LogP contribution in [0.15, 0.2) is 59.3 Å². The van der Waals surface area contributed by atoms with Crippen molar-refractivity contribution in [1.29, 1.82) is 0 Å². The number of benzene rings is 2. The fourth-order valence-electron chi connectivity index (χ4n) is 3.07. The molecule has 2 aromatic carbocycles. The number of aromatic amines is 1. The van der Waals surface area contributed by atoms with E-state index in [1.807, 2.05) is 30.5 Å². The van der Waals surface area contributed by atoms with E-state index < -0.39 is 11.8 Å². The maximum absolute atomic E-state index is 12.3. The smallest absolute Gasteiger partial charge is 0.316 e. The summed E-state index contributed by atoms with van der Waals surface area (Å²) in [7, 11) is 0. The zero-order valence-corrected chi connectivity index (χ0v) is 15.9. The summed E-state index contributed by atoms with van der Waals surface area (Å²) in [6.07, 6.45) is 2.59. The van der Waals surface area contributed by atoms with Gasteiger partial charge in [-0.2, -0.15) is 4.98 Å². The molecule has 2 aromatic heterocycles. The predicted octanol–water partition coefficient (Wildman–Crippen LogP) is 2.20. The van der Waals surface area contributed by atoms with Gasteiger partial charge in [0.25, 0.3) is 5.91 Å². The fourth-order valence-corrected chi connectivity index (χ4v) is 3.07. The van der Waals surface area contributed by atoms with Crippen molar-refractivity contribution in [2.45, 2.75) is 13.0 Å². The number of carbonyl (C=O) groups is 2. The Labute approximate surface area is 171 Å². The molecule has 0 aliphatic heterocycles. The molecule has 2 amide bonds. The van der Waals surface area contributed by atoms with Gasteiger partial charge in [-0.25, -0.2) is 0 Å². The number of H-pyrrole nitrogens is 1. The quantitative estimate of drug-likeness (QED) is 0.411. The van der Waals surface area contributed by atoms with Crippen LogP contribution in [0.5, 0.6) is 5.75 Å². The first-order valence-electron chi connectivity index (χ1n) is 9.29. The Balaban J connectivity index is 1.31. The van der Waals surface area contributed by atoms with Gasteiger partial charge in [-0.3, -0.25) is 9.59 Å². The van der Waals surface area contributed by atoms with E-state index in [9.17, 15) is 9.59 Å². The molecular formula is C21H19N5O4. The lowest BCUT2D eigenvalue weighted by Gasteiger charge is -2.06. The van der Waals surface area contributed by atoms with Crippen LogP contribution in [0.2, 0.25) is 0 Å². The van der Waals surface area contributed by atoms with Crippen molar-refractivity contribution >= 4 is 22.7 Å². The molecule has 0 spiro atoms. The van der Waals surface area contributed by atoms with Gasteiger partial charge in [0, 0.05) is 23.6 Å². The number of rotatable bonds is 8. The van der Waals surface area contributed by atoms with Gasteiger partial charge >= 0.3 is 11.8 Å². The van der Waals surface area contributed by atoms with Crippen LogP contribution in [-0.2, 0) is 13.0 Å². The Kier molecular flexibility index (Phi) is 5.42. The van der Waals surface area contributed by atoms with Gasteiger partial charge < -0.3 is 25.3 Å². The molecule has 2 heterocycles. The summed E-state index contributed by atoms with van der Waals surface area (Å²) in [6.45, 7) is 0.345. The van der Waals surface area contributed by atoms with Crippen molar-refractivity contribution in [2.75, 3.05) is 6.54 Å². The van der Waals surface area contributed by atoms with Gasteiger partial charge in [0.2, 0.25) is 5.82 Å². The van der Waals surface area contributed by atoms with Gasteiger partial charge in [-0.15, -0.1) is 0 Å². The first kappa shape index (κ1) is 19.2. The number of primary amides is 1. The SMILES string of the molecule is NC(=O)c1ccccc1OCc1noc(C(=O)NCCc2c[nH]c3ccccc23)n1. The summed E-state index contributed by atoms with van der Waals surface area (Å²) in [5.41, 5.74) is 7.73. The average Bonchev–Trinajstić information content (AvgIpc) is 3.40. The Morgan fingerprint density at radius 1 is 1.13 bits per heavy atom. The highest BCUT2D eigenvalue weighted by Crippen LogP contribution is 2.19. The first-order chi connectivity index (χ1) is 14.6. The number of amides is 2. The van der Waals surface area contributed by atoms with E-state index in [0.29, 0.717) is 18.7 Å². The highest BCUT2D eigenvalue weighted by atomic mass is 16.5. The van der Waals surface area contributed by atoms with Crippen LogP contribution in [0.25, 0.3) is 10.9 Å². The van der Waals surface area contributed by atoms with Gasteiger partial charge in [0.1, 0.15) is 5.75 Å². The first-order valence-corrected chi connectivity index (χ1v) is 9.29. The average molecular weight is 405 g/mol. The third-order valence-corrected chi connectivity index (χ3v) is 4.53. The molecule has 0 fully saturated rings. The second-order valence-corrected chi connectivity index (χ2v) is 6.53. The van der Waals surface area contributed by atoms with E-state index in [1.54, 1.807) is 24.3 Å². The molecule has 0 radical (unpaired) electrons. The third kappa shape index (κ3) is 4.14. The fraction of sp³-hybridized carbons (Fsp3) is 0.143. The minimum atomic E-state index is -0.603. The molecule has 0 aliphatic rings. The van der Waals surface area contributed by atoms with Crippen LogP contribution in [0.3, 0.4) is 0 Å². The number of carbonyl (C=O) groups excluding carboxylic acids is 2. The molecule has 9 nitrogen and oxygen atoms in total. The third-order valence-electron chi connectivity index (χ3n) is 4.53. The molecular weight excluding hydrogens is 386 g/mol. The van der Waals surface area contributed by atoms with Crippen molar-refractivity contribution in [3.05, 3.63) is 77.6 Å². The maximum Gasteiger partial charge on any atom is 0.316 e. The van der Waals surface area contributed by atoms with Crippen LogP contribution in [0.4, 0.5) is 0 Å². The Bertz CT molecular complexity index is 1200. The number of nitrogens with one attached hydrogen (secondary N) is 2. The number of hydrogen-bond donors (Lipinski definition) is 3. The summed E-state index contributed by atoms with van der Waals surface area (Å²) >= 11 is 0. The molecule has 4 rings (SSSR count). The number of para-hydroxylation sites is 2. The van der Waals surface area contributed by atoms with E-state index in [0.717, 1.165) is 16.5 Å². The minimum Gasteiger partial charge on any atom is -0.485 e. The van der Waals surface area contributed by atoms with Crippen LogP contribution in [0, 0.1) is 0 Å². The number of aromatic nitrogens is 3. The molecule has 0 saturated heterocycles. The summed E-state index contributed by atoms with van der Waals surface area (Å²) < 4.78 is 10.5. The number of hydrogen-bond acceptors (Lipinski definition) is 6. The second-order valence-electron chi connectivity index (χ2n) is 6.53. The summed E-state index contributed by atoms with van der Waals surface area (Å²) in [4.78, 5) is 30.9. The molecule has 0 saturated carbocycles. The molecule has 0 atom stereocenters. The van der Waals surface area contributed by atoms with E-state index in [2.05, 4.69) is 20.4 Å². The summed E-state index contributed by atoms with van der Waals surface area (Å²) in [5.74, 6) is -0.744. The lowest BCUT2D eigenvalue weighted by atomic mass is 10.1. The lowest BCUT2D eigenvalue weighted by Crippen LogP contribution is -2.26. The largest absolute Gasteiger partial charge is 0.485 e. The number of nitrogens with two attached hydrogens (primary N) is 1. The van der Waals surface area contributed by atoms with Gasteiger partial charge in [0.15, 0.2) is 6.61 Å². The zero-order chi connectivity index (χ0) is 20.9. The summed E-state index contributed by atoms with van der Waals surface area (Å²) in [5, 5.41) is 7.62. The van der Waals surface area contributed by atoms with E-state index in [-0.39, 0.29) is 23.9 Å². The molecule has 0 bridgehead atoms. The number of nitrogens with zero attached hydrogens (tertiary/aromatic N) is 2. The van der Waals surface area contributed by atoms with Gasteiger partial charge in [-0.1, -0.05) is 35.5 Å². The minimum absolute atomic E-state index is 0.0730. The second kappa shape index (κ2) is 8.48. The number of fused-ring (bicyclic) bond motifs is 1. The molecule has 0 aliphatic carbocycles. The molecule has 30 heavy (non-hydrogen) atoms. The maximum atomic E-state index is 12.3. The van der Waals surface area contributed by atoms with Gasteiger partial charge in [-0.05, 0) is 30.2 Å². The van der Waals surface area contributed by atoms with Crippen molar-refractivity contribution in [3.8, 4) is 5.75 Å². The molecule has 0 unspecified atom stereocenters. The molecule has 4 N–H and O–H groups in total. The number of ether oxygens (including phenoxy) is 1. The van der Waals surface area contributed by atoms with Crippen molar-refractivity contribution in [2.24, 2.45) is 5.73 Å². The van der Waals surface area contributed by atoms with Crippen molar-refractivity contribution < 1.29 is 18.8 Å². The van der Waals surface area contributed by atoms with Gasteiger partial charge in [0.05, 0.1) is 5.56 Å². The van der Waals surface area contributed by atoms with Crippen LogP contribution in [0.1, 0.15) is 32.4 Å². The highest BCUT2D eigenvalue weighted by molar-refractivity contribution is 5.95. The lowest BCUT2D eigenvalue weighted by molar-refractivity contribution is 0.0909. The molecule has 4 aromatic rings. The Hall–Kier alpha value is -4.14. The molecule has 152 valence electrons. The highest BCUT2D eigenvalue weighted by Gasteiger charge is 2.16. The van der Waals surface area contributed by atoms with Crippen LogP contribution in [-0.4, -0.2) is 33.5 Å². The van der Waals surface area contributed by atoms with Crippen molar-refractivity contribution in [1.82, 2.24) is 20.4 Å². The zero-order valence-electron chi connectivity index (χ0n) is 15.9. The Morgan fingerprint density at radius 2 is 1.93 bits per heavy atom. The van der Waals surface area contributed by atoms with E-state index >= 15 is 0 Å². The predicted molar refractivity (Wildman–Crippen MR) is 108 cm³/mol. The van der Waals surface area contributed by atoms with Crippen LogP contribution >= 0.6 is 0 Å². The topological polar surface area (TPSA) is 136 Å². The van der Waals surface area contributed by atoms with E-state index in [4.69, 9.17) is 15.0 Å². The van der Waals surface area contributed by atoms with Crippen LogP contribution < -0.4 is 15.8 Å². The Morgan fingerprint density at radius 3 is 2.80 bits per heavy atom. The normalized spacial score (nSPS) is 10.8. The van der Waals surface area contributed by atoms with E-state index in [1.165, 1.54) is 0 Å². The van der Waals surface area contributed by atoms with Crippen molar-refractivity contribution in [3.63, 3.8) is 0 Å². The monoisotopic (exact) mass is 405 g/mol.